The van der Waals surface area contributed by atoms with Crippen LogP contribution in [0.3, 0.4) is 0 Å². The van der Waals surface area contributed by atoms with Crippen LogP contribution in [0.15, 0.2) is 176 Å². The number of benzene rings is 9. The number of fused-ring (bicyclic) bond motifs is 6. The third kappa shape index (κ3) is 6.98. The molecule has 9 aromatic carbocycles. The zero-order valence-electron chi connectivity index (χ0n) is 37.7. The molecule has 0 saturated carbocycles. The van der Waals surface area contributed by atoms with Crippen molar-refractivity contribution < 1.29 is 13.2 Å². The molecule has 11 aromatic rings. The molecule has 0 N–H and O–H groups in total. The van der Waals surface area contributed by atoms with Gasteiger partial charge in [0, 0.05) is 27.2 Å². The van der Waals surface area contributed by atoms with E-state index in [2.05, 4.69) is 169 Å². The molecule has 67 heavy (non-hydrogen) atoms. The Bertz CT molecular complexity index is 3870. The molecule has 0 bridgehead atoms. The zero-order valence-corrected chi connectivity index (χ0v) is 37.7. The van der Waals surface area contributed by atoms with Crippen LogP contribution in [0.1, 0.15) is 33.4 Å². The van der Waals surface area contributed by atoms with Crippen LogP contribution in [0.2, 0.25) is 0 Å². The summed E-state index contributed by atoms with van der Waals surface area (Å²) in [5.74, 6) is 0. The van der Waals surface area contributed by atoms with Gasteiger partial charge in [0.05, 0.1) is 39.9 Å². The first kappa shape index (κ1) is 41.6. The monoisotopic (exact) mass is 875 g/mol. The number of aryl methyl sites for hydroxylation is 5. The standard InChI is InChI=1S/C61H44F3N3/c1-36-15-22-46(38(3)29-36)41-17-26-58-52(32-41)49-11-7-9-13-56(49)66(58)45-21-25-55(65-6)51(35-45)54-34-43(48-24-20-44(31-40(48)5)61(62,63)64)19-28-60(54)67-57-14-10-8-12-50(57)53-33-42(18-27-59(53)67)47-23-16-37(2)30-39(47)4/h7-35H,1-5H3. The number of halogens is 3. The van der Waals surface area contributed by atoms with Gasteiger partial charge in [-0.2, -0.15) is 13.2 Å². The molecule has 6 heteroatoms. The lowest BCUT2D eigenvalue weighted by molar-refractivity contribution is -0.137. The van der Waals surface area contributed by atoms with Crippen molar-refractivity contribution in [2.45, 2.75) is 40.8 Å². The third-order valence-corrected chi connectivity index (χ3v) is 13.5. The number of para-hydroxylation sites is 2. The number of aromatic nitrogens is 2. The van der Waals surface area contributed by atoms with Crippen LogP contribution in [0, 0.1) is 41.2 Å². The average Bonchev–Trinajstić information content (AvgIpc) is 3.83. The average molecular weight is 876 g/mol. The third-order valence-electron chi connectivity index (χ3n) is 13.5. The van der Waals surface area contributed by atoms with Crippen LogP contribution in [-0.4, -0.2) is 9.13 Å². The maximum Gasteiger partial charge on any atom is 0.416 e. The Morgan fingerprint density at radius 2 is 0.896 bits per heavy atom. The first-order chi connectivity index (χ1) is 32.4. The van der Waals surface area contributed by atoms with Crippen molar-refractivity contribution in [1.82, 2.24) is 9.13 Å². The van der Waals surface area contributed by atoms with E-state index in [0.717, 1.165) is 83.3 Å². The number of hydrogen-bond acceptors (Lipinski definition) is 0. The second-order valence-electron chi connectivity index (χ2n) is 17.9. The van der Waals surface area contributed by atoms with E-state index in [1.54, 1.807) is 13.0 Å². The highest BCUT2D eigenvalue weighted by molar-refractivity contribution is 6.12. The second kappa shape index (κ2) is 15.8. The smallest absolute Gasteiger partial charge is 0.309 e. The number of alkyl halides is 3. The molecule has 0 aliphatic heterocycles. The molecule has 0 fully saturated rings. The zero-order chi connectivity index (χ0) is 46.3. The van der Waals surface area contributed by atoms with Crippen LogP contribution in [0.4, 0.5) is 18.9 Å². The molecule has 0 aliphatic rings. The fraction of sp³-hybridized carbons (Fsp3) is 0.0984. The minimum Gasteiger partial charge on any atom is -0.309 e. The molecule has 0 unspecified atom stereocenters. The lowest BCUT2D eigenvalue weighted by atomic mass is 9.93. The van der Waals surface area contributed by atoms with Crippen LogP contribution < -0.4 is 0 Å². The van der Waals surface area contributed by atoms with Gasteiger partial charge in [-0.15, -0.1) is 0 Å². The largest absolute Gasteiger partial charge is 0.416 e. The van der Waals surface area contributed by atoms with E-state index in [1.165, 1.54) is 39.4 Å². The van der Waals surface area contributed by atoms with E-state index in [0.29, 0.717) is 22.4 Å². The predicted molar refractivity (Wildman–Crippen MR) is 272 cm³/mol. The predicted octanol–water partition coefficient (Wildman–Crippen LogP) is 17.7. The Morgan fingerprint density at radius 1 is 0.403 bits per heavy atom. The van der Waals surface area contributed by atoms with Gasteiger partial charge in [0.2, 0.25) is 0 Å². The molecule has 0 radical (unpaired) electrons. The first-order valence-electron chi connectivity index (χ1n) is 22.4. The number of rotatable bonds is 6. The maximum absolute atomic E-state index is 13.9. The van der Waals surface area contributed by atoms with Gasteiger partial charge >= 0.3 is 6.18 Å². The Kier molecular flexibility index (Phi) is 9.79. The van der Waals surface area contributed by atoms with E-state index >= 15 is 0 Å². The van der Waals surface area contributed by atoms with Gasteiger partial charge in [-0.05, 0) is 169 Å². The lowest BCUT2D eigenvalue weighted by Gasteiger charge is -2.19. The second-order valence-corrected chi connectivity index (χ2v) is 17.9. The molecule has 324 valence electrons. The molecular weight excluding hydrogens is 832 g/mol. The summed E-state index contributed by atoms with van der Waals surface area (Å²) in [6.45, 7) is 18.8. The lowest BCUT2D eigenvalue weighted by Crippen LogP contribution is -2.05. The van der Waals surface area contributed by atoms with Crippen LogP contribution in [0.25, 0.3) is 104 Å². The fourth-order valence-corrected chi connectivity index (χ4v) is 10.3. The quantitative estimate of drug-likeness (QED) is 0.148. The van der Waals surface area contributed by atoms with Gasteiger partial charge in [0.1, 0.15) is 0 Å². The van der Waals surface area contributed by atoms with E-state index in [1.807, 2.05) is 30.3 Å². The molecule has 11 rings (SSSR count). The summed E-state index contributed by atoms with van der Waals surface area (Å²) in [6.07, 6.45) is -4.47. The van der Waals surface area contributed by atoms with Crippen molar-refractivity contribution in [3.63, 3.8) is 0 Å². The summed E-state index contributed by atoms with van der Waals surface area (Å²) >= 11 is 0. The summed E-state index contributed by atoms with van der Waals surface area (Å²) < 4.78 is 46.3. The topological polar surface area (TPSA) is 14.2 Å². The van der Waals surface area contributed by atoms with Crippen molar-refractivity contribution in [3.8, 4) is 55.9 Å². The molecule has 2 aromatic heterocycles. The van der Waals surface area contributed by atoms with E-state index in [4.69, 9.17) is 6.57 Å². The summed E-state index contributed by atoms with van der Waals surface area (Å²) in [5, 5.41) is 4.41. The molecule has 3 nitrogen and oxygen atoms in total. The highest BCUT2D eigenvalue weighted by Crippen LogP contribution is 2.45. The molecule has 0 aliphatic carbocycles. The SMILES string of the molecule is [C-]#[N+]c1ccc(-n2c3ccccc3c3cc(-c4ccc(C)cc4C)ccc32)cc1-c1cc(-c2ccc(C(F)(F)F)cc2C)ccc1-n1c2ccccc2c2cc(-c3ccc(C)cc3C)ccc21. The minimum atomic E-state index is -4.47. The normalized spacial score (nSPS) is 11.9. The Balaban J connectivity index is 1.17. The van der Waals surface area contributed by atoms with E-state index in [9.17, 15) is 13.2 Å². The van der Waals surface area contributed by atoms with Crippen LogP contribution in [0.5, 0.6) is 0 Å². The summed E-state index contributed by atoms with van der Waals surface area (Å²) in [5.41, 5.74) is 18.5. The van der Waals surface area contributed by atoms with Gasteiger partial charge in [-0.3, -0.25) is 0 Å². The maximum atomic E-state index is 13.9. The Morgan fingerprint density at radius 3 is 1.45 bits per heavy atom. The Hall–Kier alpha value is -8.14. The van der Waals surface area contributed by atoms with Gasteiger partial charge in [-0.1, -0.05) is 114 Å². The highest BCUT2D eigenvalue weighted by atomic mass is 19.4. The van der Waals surface area contributed by atoms with Crippen molar-refractivity contribution in [1.29, 1.82) is 0 Å². The summed E-state index contributed by atoms with van der Waals surface area (Å²) in [7, 11) is 0. The van der Waals surface area contributed by atoms with Crippen molar-refractivity contribution in [3.05, 3.63) is 221 Å². The fourth-order valence-electron chi connectivity index (χ4n) is 10.3. The van der Waals surface area contributed by atoms with E-state index in [-0.39, 0.29) is 0 Å². The van der Waals surface area contributed by atoms with Gasteiger partial charge in [0.15, 0.2) is 5.69 Å². The molecular formula is C61H44F3N3. The van der Waals surface area contributed by atoms with Crippen LogP contribution >= 0.6 is 0 Å². The van der Waals surface area contributed by atoms with Crippen molar-refractivity contribution >= 4 is 49.3 Å². The summed E-state index contributed by atoms with van der Waals surface area (Å²) in [4.78, 5) is 4.13. The number of nitrogens with zero attached hydrogens (tertiary/aromatic N) is 3. The van der Waals surface area contributed by atoms with Crippen molar-refractivity contribution in [2.75, 3.05) is 0 Å². The molecule has 2 heterocycles. The number of hydrogen-bond donors (Lipinski definition) is 0. The van der Waals surface area contributed by atoms with Crippen molar-refractivity contribution in [2.24, 2.45) is 0 Å². The Labute approximate surface area is 387 Å². The summed E-state index contributed by atoms with van der Waals surface area (Å²) in [6, 6.07) is 59.2. The van der Waals surface area contributed by atoms with Gasteiger partial charge < -0.3 is 9.13 Å². The van der Waals surface area contributed by atoms with Crippen LogP contribution in [-0.2, 0) is 6.18 Å². The van der Waals surface area contributed by atoms with Gasteiger partial charge in [0.25, 0.3) is 0 Å². The molecule has 0 saturated heterocycles. The molecule has 0 spiro atoms. The first-order valence-corrected chi connectivity index (χ1v) is 22.4. The minimum absolute atomic E-state index is 0.460. The molecule has 0 atom stereocenters. The van der Waals surface area contributed by atoms with Gasteiger partial charge in [-0.25, -0.2) is 4.85 Å². The highest BCUT2D eigenvalue weighted by Gasteiger charge is 2.31. The van der Waals surface area contributed by atoms with E-state index < -0.39 is 11.7 Å². The molecule has 0 amide bonds.